The first kappa shape index (κ1) is 12.6. The summed E-state index contributed by atoms with van der Waals surface area (Å²) < 4.78 is 36.0. The first-order valence-corrected chi connectivity index (χ1v) is 5.92. The predicted molar refractivity (Wildman–Crippen MR) is 55.4 cm³/mol. The molecule has 0 spiro atoms. The molecule has 4 N–H and O–H groups in total. The van der Waals surface area contributed by atoms with Gasteiger partial charge in [-0.3, -0.25) is 4.79 Å². The number of halogens is 1. The third-order valence-corrected chi connectivity index (χ3v) is 3.84. The molecular weight excluding hydrogens is 235 g/mol. The average molecular weight is 246 g/mol. The summed E-state index contributed by atoms with van der Waals surface area (Å²) in [7, 11) is -3.84. The first-order chi connectivity index (χ1) is 7.34. The van der Waals surface area contributed by atoms with Crippen LogP contribution in [-0.2, 0) is 14.6 Å². The summed E-state index contributed by atoms with van der Waals surface area (Å²) in [5.41, 5.74) is 10.2. The quantitative estimate of drug-likeness (QED) is 0.715. The number of hydrogen-bond donors (Lipinski definition) is 2. The van der Waals surface area contributed by atoms with Crippen molar-refractivity contribution >= 4 is 15.7 Å². The summed E-state index contributed by atoms with van der Waals surface area (Å²) >= 11 is 0. The van der Waals surface area contributed by atoms with Crippen LogP contribution in [0.1, 0.15) is 6.42 Å². The van der Waals surface area contributed by atoms with Crippen molar-refractivity contribution < 1.29 is 17.6 Å². The van der Waals surface area contributed by atoms with E-state index in [0.717, 1.165) is 24.3 Å². The molecule has 0 heterocycles. The molecule has 5 nitrogen and oxygen atoms in total. The van der Waals surface area contributed by atoms with Gasteiger partial charge in [0, 0.05) is 0 Å². The van der Waals surface area contributed by atoms with E-state index < -0.39 is 33.4 Å². The van der Waals surface area contributed by atoms with Gasteiger partial charge < -0.3 is 11.5 Å². The van der Waals surface area contributed by atoms with Gasteiger partial charge in [-0.1, -0.05) is 0 Å². The van der Waals surface area contributed by atoms with Crippen molar-refractivity contribution in [3.63, 3.8) is 0 Å². The monoisotopic (exact) mass is 246 g/mol. The number of primary amides is 1. The Labute approximate surface area is 92.2 Å². The van der Waals surface area contributed by atoms with Crippen molar-refractivity contribution in [1.82, 2.24) is 0 Å². The van der Waals surface area contributed by atoms with Gasteiger partial charge in [-0.05, 0) is 24.3 Å². The van der Waals surface area contributed by atoms with Crippen LogP contribution in [0.2, 0.25) is 0 Å². The molecule has 88 valence electrons. The zero-order chi connectivity index (χ0) is 12.3. The summed E-state index contributed by atoms with van der Waals surface area (Å²) in [6.45, 7) is 0. The highest BCUT2D eigenvalue weighted by Crippen LogP contribution is 2.15. The zero-order valence-corrected chi connectivity index (χ0v) is 9.08. The molecule has 1 amide bonds. The van der Waals surface area contributed by atoms with Gasteiger partial charge in [0.2, 0.25) is 5.91 Å². The molecular formula is C9H11FN2O3S. The van der Waals surface area contributed by atoms with E-state index >= 15 is 0 Å². The highest BCUT2D eigenvalue weighted by Gasteiger charge is 2.25. The third-order valence-electron chi connectivity index (χ3n) is 1.94. The number of carbonyl (C=O) groups excluding carboxylic acids is 1. The molecule has 1 aromatic rings. The minimum absolute atomic E-state index is 0.136. The van der Waals surface area contributed by atoms with Crippen molar-refractivity contribution in [3.8, 4) is 0 Å². The SMILES string of the molecule is NC(=O)CC(N)S(=O)(=O)c1ccc(F)cc1. The van der Waals surface area contributed by atoms with Crippen LogP contribution in [0.5, 0.6) is 0 Å². The van der Waals surface area contributed by atoms with E-state index in [-0.39, 0.29) is 4.90 Å². The third kappa shape index (κ3) is 2.77. The van der Waals surface area contributed by atoms with E-state index in [1.165, 1.54) is 0 Å². The van der Waals surface area contributed by atoms with Gasteiger partial charge in [-0.15, -0.1) is 0 Å². The molecule has 0 saturated heterocycles. The minimum Gasteiger partial charge on any atom is -0.370 e. The van der Waals surface area contributed by atoms with Gasteiger partial charge in [0.15, 0.2) is 9.84 Å². The molecule has 7 heteroatoms. The van der Waals surface area contributed by atoms with Crippen LogP contribution >= 0.6 is 0 Å². The average Bonchev–Trinajstić information content (AvgIpc) is 2.17. The van der Waals surface area contributed by atoms with Crippen molar-refractivity contribution in [1.29, 1.82) is 0 Å². The van der Waals surface area contributed by atoms with E-state index in [0.29, 0.717) is 0 Å². The van der Waals surface area contributed by atoms with Crippen LogP contribution in [0.4, 0.5) is 4.39 Å². The topological polar surface area (TPSA) is 103 Å². The van der Waals surface area contributed by atoms with E-state index in [1.807, 2.05) is 0 Å². The Morgan fingerprint density at radius 2 is 1.81 bits per heavy atom. The maximum absolute atomic E-state index is 12.6. The maximum Gasteiger partial charge on any atom is 0.220 e. The smallest absolute Gasteiger partial charge is 0.220 e. The number of amides is 1. The Kier molecular flexibility index (Phi) is 3.61. The normalized spacial score (nSPS) is 13.4. The number of nitrogens with two attached hydrogens (primary N) is 2. The summed E-state index contributed by atoms with van der Waals surface area (Å²) in [6, 6.07) is 4.19. The van der Waals surface area contributed by atoms with E-state index in [1.54, 1.807) is 0 Å². The van der Waals surface area contributed by atoms with Gasteiger partial charge in [0.1, 0.15) is 11.2 Å². The maximum atomic E-state index is 12.6. The van der Waals surface area contributed by atoms with Crippen molar-refractivity contribution in [3.05, 3.63) is 30.1 Å². The fourth-order valence-electron chi connectivity index (χ4n) is 1.11. The van der Waals surface area contributed by atoms with Crippen LogP contribution in [0, 0.1) is 5.82 Å². The molecule has 0 aromatic heterocycles. The number of rotatable bonds is 4. The van der Waals surface area contributed by atoms with Crippen LogP contribution in [0.25, 0.3) is 0 Å². The first-order valence-electron chi connectivity index (χ1n) is 4.37. The largest absolute Gasteiger partial charge is 0.370 e. The van der Waals surface area contributed by atoms with Crippen LogP contribution in [0.3, 0.4) is 0 Å². The summed E-state index contributed by atoms with van der Waals surface area (Å²) in [5, 5.41) is -1.41. The minimum atomic E-state index is -3.84. The molecule has 0 fully saturated rings. The lowest BCUT2D eigenvalue weighted by atomic mass is 10.3. The van der Waals surface area contributed by atoms with Gasteiger partial charge in [0.05, 0.1) is 11.3 Å². The molecule has 1 rings (SSSR count). The second-order valence-corrected chi connectivity index (χ2v) is 5.37. The Hall–Kier alpha value is -1.47. The number of hydrogen-bond acceptors (Lipinski definition) is 4. The number of sulfone groups is 1. The van der Waals surface area contributed by atoms with Gasteiger partial charge in [-0.25, -0.2) is 12.8 Å². The van der Waals surface area contributed by atoms with E-state index in [4.69, 9.17) is 11.5 Å². The van der Waals surface area contributed by atoms with E-state index in [9.17, 15) is 17.6 Å². The molecule has 16 heavy (non-hydrogen) atoms. The molecule has 0 bridgehead atoms. The lowest BCUT2D eigenvalue weighted by molar-refractivity contribution is -0.118. The second-order valence-electron chi connectivity index (χ2n) is 3.21. The van der Waals surface area contributed by atoms with Crippen LogP contribution in [-0.4, -0.2) is 19.7 Å². The Balaban J connectivity index is 3.02. The predicted octanol–water partition coefficient (Wildman–Crippen LogP) is -0.240. The molecule has 1 atom stereocenters. The Morgan fingerprint density at radius 1 is 1.31 bits per heavy atom. The fraction of sp³-hybridized carbons (Fsp3) is 0.222. The second kappa shape index (κ2) is 4.58. The fourth-order valence-corrected chi connectivity index (χ4v) is 2.36. The molecule has 0 aliphatic rings. The Bertz CT molecular complexity index is 484. The lowest BCUT2D eigenvalue weighted by Gasteiger charge is -2.10. The standard InChI is InChI=1S/C9H11FN2O3S/c10-6-1-3-7(4-2-6)16(14,15)9(12)5-8(11)13/h1-4,9H,5,12H2,(H2,11,13). The van der Waals surface area contributed by atoms with Crippen LogP contribution < -0.4 is 11.5 Å². The molecule has 1 unspecified atom stereocenters. The highest BCUT2D eigenvalue weighted by molar-refractivity contribution is 7.92. The summed E-state index contributed by atoms with van der Waals surface area (Å²) in [5.74, 6) is -1.36. The van der Waals surface area contributed by atoms with Gasteiger partial charge in [-0.2, -0.15) is 0 Å². The molecule has 0 radical (unpaired) electrons. The van der Waals surface area contributed by atoms with Crippen LogP contribution in [0.15, 0.2) is 29.2 Å². The van der Waals surface area contributed by atoms with Gasteiger partial charge in [0.25, 0.3) is 0 Å². The van der Waals surface area contributed by atoms with Crippen molar-refractivity contribution in [2.45, 2.75) is 16.7 Å². The van der Waals surface area contributed by atoms with E-state index in [2.05, 4.69) is 0 Å². The lowest BCUT2D eigenvalue weighted by Crippen LogP contribution is -2.35. The summed E-state index contributed by atoms with van der Waals surface area (Å²) in [4.78, 5) is 10.4. The number of benzene rings is 1. The zero-order valence-electron chi connectivity index (χ0n) is 8.26. The molecule has 0 saturated carbocycles. The Morgan fingerprint density at radius 3 is 2.25 bits per heavy atom. The molecule has 1 aromatic carbocycles. The highest BCUT2D eigenvalue weighted by atomic mass is 32.2. The van der Waals surface area contributed by atoms with Crippen molar-refractivity contribution in [2.75, 3.05) is 0 Å². The molecule has 0 aliphatic carbocycles. The van der Waals surface area contributed by atoms with Gasteiger partial charge >= 0.3 is 0 Å². The van der Waals surface area contributed by atoms with Crippen molar-refractivity contribution in [2.24, 2.45) is 11.5 Å². The number of carbonyl (C=O) groups is 1. The summed E-state index contributed by atoms with van der Waals surface area (Å²) in [6.07, 6.45) is -0.473. The molecule has 0 aliphatic heterocycles.